The van der Waals surface area contributed by atoms with Gasteiger partial charge in [0.2, 0.25) is 5.95 Å². The highest BCUT2D eigenvalue weighted by molar-refractivity contribution is 5.70. The first kappa shape index (κ1) is 25.6. The van der Waals surface area contributed by atoms with Gasteiger partial charge in [-0.25, -0.2) is 14.6 Å². The van der Waals surface area contributed by atoms with Crippen LogP contribution in [0.2, 0.25) is 0 Å². The molecule has 11 heteroatoms. The van der Waals surface area contributed by atoms with Crippen molar-refractivity contribution in [1.29, 1.82) is 5.26 Å². The van der Waals surface area contributed by atoms with Crippen molar-refractivity contribution in [2.45, 2.75) is 37.6 Å². The third-order valence-corrected chi connectivity index (χ3v) is 7.82. The fraction of sp³-hybridized carbons (Fsp3) is 0.345. The van der Waals surface area contributed by atoms with Crippen LogP contribution in [0.5, 0.6) is 0 Å². The molecule has 40 heavy (non-hydrogen) atoms. The van der Waals surface area contributed by atoms with Gasteiger partial charge in [-0.1, -0.05) is 23.4 Å². The number of pyridine rings is 1. The SMILES string of the molecule is N#Cc1cccc(-c2cc(-c3cn(Cc4cccc(C5(CN6CCC(C(=O)O)CC6)CC5)n4)nn3)nc(N)n2)c1. The van der Waals surface area contributed by atoms with Gasteiger partial charge < -0.3 is 15.7 Å². The first-order valence-corrected chi connectivity index (χ1v) is 13.4. The predicted octanol–water partition coefficient (Wildman–Crippen LogP) is 3.13. The summed E-state index contributed by atoms with van der Waals surface area (Å²) in [6.07, 6.45) is 5.40. The molecule has 1 aliphatic carbocycles. The average molecular weight is 536 g/mol. The highest BCUT2D eigenvalue weighted by Crippen LogP contribution is 2.48. The summed E-state index contributed by atoms with van der Waals surface area (Å²) < 4.78 is 1.73. The number of rotatable bonds is 8. The van der Waals surface area contributed by atoms with Crippen molar-refractivity contribution in [3.8, 4) is 28.7 Å². The van der Waals surface area contributed by atoms with Crippen LogP contribution in [0.25, 0.3) is 22.6 Å². The molecule has 3 aromatic heterocycles. The molecule has 0 unspecified atom stereocenters. The van der Waals surface area contributed by atoms with E-state index in [1.54, 1.807) is 28.9 Å². The zero-order valence-electron chi connectivity index (χ0n) is 21.9. The Morgan fingerprint density at radius 2 is 1.82 bits per heavy atom. The lowest BCUT2D eigenvalue weighted by molar-refractivity contribution is -0.143. The van der Waals surface area contributed by atoms with Crippen LogP contribution >= 0.6 is 0 Å². The molecular weight excluding hydrogens is 506 g/mol. The number of nitrogen functional groups attached to an aromatic ring is 1. The Morgan fingerprint density at radius 3 is 2.58 bits per heavy atom. The number of hydrogen-bond acceptors (Lipinski definition) is 9. The number of carbonyl (C=O) groups is 1. The largest absolute Gasteiger partial charge is 0.481 e. The van der Waals surface area contributed by atoms with Crippen LogP contribution in [-0.2, 0) is 16.8 Å². The zero-order chi connectivity index (χ0) is 27.7. The summed E-state index contributed by atoms with van der Waals surface area (Å²) in [6, 6.07) is 17.2. The molecular formula is C29H29N9O2. The second kappa shape index (κ2) is 10.5. The van der Waals surface area contributed by atoms with Gasteiger partial charge in [-0.3, -0.25) is 9.78 Å². The molecule has 1 saturated carbocycles. The van der Waals surface area contributed by atoms with Crippen LogP contribution in [-0.4, -0.2) is 65.6 Å². The number of likely N-dealkylation sites (tertiary alicyclic amines) is 1. The van der Waals surface area contributed by atoms with Crippen LogP contribution in [0.15, 0.2) is 54.7 Å². The number of nitrogens with zero attached hydrogens (tertiary/aromatic N) is 8. The smallest absolute Gasteiger partial charge is 0.306 e. The number of nitrogens with two attached hydrogens (primary N) is 1. The minimum atomic E-state index is -0.680. The van der Waals surface area contributed by atoms with Crippen molar-refractivity contribution < 1.29 is 9.90 Å². The minimum absolute atomic E-state index is 0.0390. The van der Waals surface area contributed by atoms with Gasteiger partial charge in [0.05, 0.1) is 47.4 Å². The Balaban J connectivity index is 1.16. The number of nitriles is 1. The molecule has 0 radical (unpaired) electrons. The fourth-order valence-corrected chi connectivity index (χ4v) is 5.43. The van der Waals surface area contributed by atoms with Gasteiger partial charge in [0.1, 0.15) is 5.69 Å². The summed E-state index contributed by atoms with van der Waals surface area (Å²) in [5, 5.41) is 27.1. The van der Waals surface area contributed by atoms with E-state index in [0.717, 1.165) is 49.4 Å². The maximum Gasteiger partial charge on any atom is 0.306 e. The second-order valence-corrected chi connectivity index (χ2v) is 10.7. The minimum Gasteiger partial charge on any atom is -0.481 e. The highest BCUT2D eigenvalue weighted by Gasteiger charge is 2.47. The van der Waals surface area contributed by atoms with Gasteiger partial charge in [-0.2, -0.15) is 5.26 Å². The van der Waals surface area contributed by atoms with Gasteiger partial charge in [0.15, 0.2) is 0 Å². The first-order chi connectivity index (χ1) is 19.4. The normalized spacial score (nSPS) is 16.9. The van der Waals surface area contributed by atoms with E-state index in [9.17, 15) is 15.2 Å². The maximum absolute atomic E-state index is 11.3. The van der Waals surface area contributed by atoms with Crippen LogP contribution in [0, 0.1) is 17.2 Å². The monoisotopic (exact) mass is 535 g/mol. The number of aromatic nitrogens is 6. The number of aliphatic carboxylic acids is 1. The molecule has 2 aliphatic rings. The maximum atomic E-state index is 11.3. The first-order valence-electron chi connectivity index (χ1n) is 13.4. The zero-order valence-corrected chi connectivity index (χ0v) is 21.9. The summed E-state index contributed by atoms with van der Waals surface area (Å²) in [7, 11) is 0. The molecule has 4 heterocycles. The number of benzene rings is 1. The van der Waals surface area contributed by atoms with Crippen molar-refractivity contribution in [3.05, 3.63) is 71.7 Å². The lowest BCUT2D eigenvalue weighted by Crippen LogP contribution is -2.40. The standard InChI is InChI=1S/C29H29N9O2/c30-15-19-3-1-4-21(13-19)23-14-24(34-28(31)33-23)25-17-38(36-35-25)16-22-5-2-6-26(32-22)29(9-10-29)18-37-11-7-20(8-12-37)27(39)40/h1-6,13-14,17,20H,7-12,16,18H2,(H,39,40)(H2,31,33,34). The second-order valence-electron chi connectivity index (χ2n) is 10.7. The third kappa shape index (κ3) is 5.39. The summed E-state index contributed by atoms with van der Waals surface area (Å²) in [4.78, 5) is 27.4. The van der Waals surface area contributed by atoms with Crippen molar-refractivity contribution in [2.75, 3.05) is 25.4 Å². The Hall–Kier alpha value is -4.69. The quantitative estimate of drug-likeness (QED) is 0.343. The molecule has 3 N–H and O–H groups in total. The van der Waals surface area contributed by atoms with Gasteiger partial charge >= 0.3 is 5.97 Å². The number of carboxylic acid groups (broad SMARTS) is 1. The van der Waals surface area contributed by atoms with Gasteiger partial charge in [-0.05, 0) is 69.1 Å². The Labute approximate surface area is 231 Å². The molecule has 0 spiro atoms. The third-order valence-electron chi connectivity index (χ3n) is 7.82. The van der Waals surface area contributed by atoms with Crippen LogP contribution < -0.4 is 5.73 Å². The number of carboxylic acids is 1. The van der Waals surface area contributed by atoms with E-state index in [2.05, 4.69) is 37.3 Å². The van der Waals surface area contributed by atoms with E-state index in [0.29, 0.717) is 42.0 Å². The fourth-order valence-electron chi connectivity index (χ4n) is 5.43. The predicted molar refractivity (Wildman–Crippen MR) is 147 cm³/mol. The van der Waals surface area contributed by atoms with Gasteiger partial charge in [-0.15, -0.1) is 5.10 Å². The van der Waals surface area contributed by atoms with E-state index < -0.39 is 5.97 Å². The molecule has 1 aliphatic heterocycles. The molecule has 11 nitrogen and oxygen atoms in total. The number of piperidine rings is 1. The molecule has 0 amide bonds. The summed E-state index contributed by atoms with van der Waals surface area (Å²) in [5.41, 5.74) is 11.0. The van der Waals surface area contributed by atoms with Crippen molar-refractivity contribution in [3.63, 3.8) is 0 Å². The van der Waals surface area contributed by atoms with Gasteiger partial charge in [0.25, 0.3) is 0 Å². The summed E-state index contributed by atoms with van der Waals surface area (Å²) >= 11 is 0. The molecule has 0 atom stereocenters. The van der Waals surface area contributed by atoms with Crippen molar-refractivity contribution >= 4 is 11.9 Å². The van der Waals surface area contributed by atoms with Crippen molar-refractivity contribution in [2.24, 2.45) is 5.92 Å². The molecule has 6 rings (SSSR count). The van der Waals surface area contributed by atoms with Crippen LogP contribution in [0.4, 0.5) is 5.95 Å². The Bertz CT molecular complexity index is 1600. The van der Waals surface area contributed by atoms with Crippen LogP contribution in [0.3, 0.4) is 0 Å². The number of anilines is 1. The Morgan fingerprint density at radius 1 is 1.05 bits per heavy atom. The molecule has 2 fully saturated rings. The molecule has 202 valence electrons. The van der Waals surface area contributed by atoms with E-state index in [-0.39, 0.29) is 17.3 Å². The molecule has 1 saturated heterocycles. The van der Waals surface area contributed by atoms with Gasteiger partial charge in [0, 0.05) is 23.2 Å². The lowest BCUT2D eigenvalue weighted by atomic mass is 9.94. The highest BCUT2D eigenvalue weighted by atomic mass is 16.4. The number of hydrogen-bond donors (Lipinski definition) is 2. The van der Waals surface area contributed by atoms with Crippen LogP contribution in [0.1, 0.15) is 42.6 Å². The topological polar surface area (TPSA) is 160 Å². The summed E-state index contributed by atoms with van der Waals surface area (Å²) in [6.45, 7) is 3.01. The Kier molecular flexibility index (Phi) is 6.69. The van der Waals surface area contributed by atoms with Crippen molar-refractivity contribution in [1.82, 2.24) is 34.8 Å². The summed E-state index contributed by atoms with van der Waals surface area (Å²) in [5.74, 6) is -0.790. The lowest BCUT2D eigenvalue weighted by Gasteiger charge is -2.33. The molecule has 4 aromatic rings. The van der Waals surface area contributed by atoms with E-state index in [4.69, 9.17) is 10.7 Å². The van der Waals surface area contributed by atoms with E-state index in [1.165, 1.54) is 0 Å². The van der Waals surface area contributed by atoms with E-state index in [1.807, 2.05) is 24.4 Å². The molecule has 1 aromatic carbocycles. The van der Waals surface area contributed by atoms with E-state index >= 15 is 0 Å². The average Bonchev–Trinajstić information content (AvgIpc) is 3.60. The molecule has 0 bridgehead atoms.